The molecule has 0 saturated carbocycles. The van der Waals surface area contributed by atoms with Crippen molar-refractivity contribution in [3.63, 3.8) is 0 Å². The van der Waals surface area contributed by atoms with Crippen LogP contribution in [-0.2, 0) is 4.74 Å². The molecule has 7 nitrogen and oxygen atoms in total. The highest BCUT2D eigenvalue weighted by Gasteiger charge is 2.36. The number of nitroso groups, excluding NO2 is 1. The molecular weight excluding hydrogens is 212 g/mol. The molecule has 0 spiro atoms. The second-order valence-corrected chi connectivity index (χ2v) is 3.63. The minimum absolute atomic E-state index is 0.186. The third-order valence-corrected chi connectivity index (χ3v) is 2.60. The lowest BCUT2D eigenvalue weighted by Gasteiger charge is -2.11. The highest BCUT2D eigenvalue weighted by molar-refractivity contribution is 5.19. The molecule has 2 rings (SSSR count). The van der Waals surface area contributed by atoms with E-state index in [2.05, 4.69) is 15.1 Å². The maximum absolute atomic E-state index is 10.5. The number of nitrogen functional groups attached to an aromatic ring is 1. The first kappa shape index (κ1) is 10.9. The molecule has 1 saturated heterocycles. The van der Waals surface area contributed by atoms with Gasteiger partial charge in [0.05, 0.1) is 12.7 Å². The van der Waals surface area contributed by atoms with Gasteiger partial charge in [0.1, 0.15) is 12.1 Å². The Morgan fingerprint density at radius 2 is 2.25 bits per heavy atom. The van der Waals surface area contributed by atoms with Crippen molar-refractivity contribution in [1.29, 1.82) is 0 Å². The molecule has 1 aliphatic heterocycles. The molecule has 86 valence electrons. The third-order valence-electron chi connectivity index (χ3n) is 2.60. The fraction of sp³-hybridized carbons (Fsp3) is 0.556. The summed E-state index contributed by atoms with van der Waals surface area (Å²) in [5.74, 6) is 0.186. The zero-order valence-corrected chi connectivity index (χ0v) is 8.48. The van der Waals surface area contributed by atoms with Crippen LogP contribution in [0.2, 0.25) is 0 Å². The lowest BCUT2D eigenvalue weighted by molar-refractivity contribution is 0.00698. The van der Waals surface area contributed by atoms with Crippen LogP contribution in [0, 0.1) is 4.91 Å². The second kappa shape index (κ2) is 4.50. The monoisotopic (exact) mass is 224 g/mol. The summed E-state index contributed by atoms with van der Waals surface area (Å²) in [7, 11) is 0. The van der Waals surface area contributed by atoms with Gasteiger partial charge in [0, 0.05) is 24.4 Å². The Balaban J connectivity index is 2.12. The number of ether oxygens (including phenoxy) is 1. The van der Waals surface area contributed by atoms with E-state index in [9.17, 15) is 4.91 Å². The molecule has 16 heavy (non-hydrogen) atoms. The van der Waals surface area contributed by atoms with Crippen molar-refractivity contribution in [2.75, 3.05) is 12.3 Å². The van der Waals surface area contributed by atoms with Gasteiger partial charge in [0.15, 0.2) is 0 Å². The van der Waals surface area contributed by atoms with E-state index in [-0.39, 0.29) is 18.7 Å². The molecule has 1 aromatic heterocycles. The van der Waals surface area contributed by atoms with Gasteiger partial charge in [-0.1, -0.05) is 5.18 Å². The fourth-order valence-electron chi connectivity index (χ4n) is 1.73. The number of hydrogen-bond acceptors (Lipinski definition) is 7. The van der Waals surface area contributed by atoms with Gasteiger partial charge < -0.3 is 15.6 Å². The van der Waals surface area contributed by atoms with Gasteiger partial charge in [0.2, 0.25) is 5.95 Å². The van der Waals surface area contributed by atoms with E-state index in [0.29, 0.717) is 6.42 Å². The van der Waals surface area contributed by atoms with Crippen LogP contribution in [-0.4, -0.2) is 33.8 Å². The Hall–Kier alpha value is -1.60. The normalized spacial score (nSPS) is 29.2. The first-order valence-electron chi connectivity index (χ1n) is 4.90. The maximum atomic E-state index is 10.5. The standard InChI is InChI=1S/C9H12N4O3/c10-9-11-2-5(3-12-9)7-1-6(13-15)8(4-14)16-7/h2-3,6-8,14H,1,4H2,(H2,10,11,12)/t6?,7-,8-/m1/s1. The summed E-state index contributed by atoms with van der Waals surface area (Å²) >= 11 is 0. The Bertz CT molecular complexity index is 370. The van der Waals surface area contributed by atoms with Crippen LogP contribution in [0.15, 0.2) is 17.6 Å². The molecule has 1 aliphatic rings. The molecule has 0 radical (unpaired) electrons. The predicted octanol–water partition coefficient (Wildman–Crippen LogP) is 0.0161. The van der Waals surface area contributed by atoms with Gasteiger partial charge in [-0.2, -0.15) is 4.91 Å². The van der Waals surface area contributed by atoms with Crippen molar-refractivity contribution < 1.29 is 9.84 Å². The van der Waals surface area contributed by atoms with E-state index >= 15 is 0 Å². The average Bonchev–Trinajstić information content (AvgIpc) is 2.73. The SMILES string of the molecule is Nc1ncc([C@H]2CC(N=O)[C@@H](CO)O2)cn1. The van der Waals surface area contributed by atoms with Gasteiger partial charge >= 0.3 is 0 Å². The fourth-order valence-corrected chi connectivity index (χ4v) is 1.73. The smallest absolute Gasteiger partial charge is 0.219 e. The number of nitrogens with zero attached hydrogens (tertiary/aromatic N) is 3. The van der Waals surface area contributed by atoms with E-state index in [1.54, 1.807) is 12.4 Å². The van der Waals surface area contributed by atoms with Crippen molar-refractivity contribution in [3.8, 4) is 0 Å². The van der Waals surface area contributed by atoms with Crippen molar-refractivity contribution in [2.24, 2.45) is 5.18 Å². The number of hydrogen-bond donors (Lipinski definition) is 2. The molecule has 0 aromatic carbocycles. The second-order valence-electron chi connectivity index (χ2n) is 3.63. The summed E-state index contributed by atoms with van der Waals surface area (Å²) in [6, 6.07) is -0.521. The van der Waals surface area contributed by atoms with Crippen LogP contribution in [0.5, 0.6) is 0 Å². The third kappa shape index (κ3) is 2.00. The average molecular weight is 224 g/mol. The van der Waals surface area contributed by atoms with Crippen LogP contribution in [0.1, 0.15) is 18.1 Å². The van der Waals surface area contributed by atoms with Crippen molar-refractivity contribution in [1.82, 2.24) is 9.97 Å². The zero-order chi connectivity index (χ0) is 11.5. The van der Waals surface area contributed by atoms with E-state index in [1.807, 2.05) is 0 Å². The predicted molar refractivity (Wildman–Crippen MR) is 55.3 cm³/mol. The summed E-state index contributed by atoms with van der Waals surface area (Å²) in [6.07, 6.45) is 2.69. The van der Waals surface area contributed by atoms with Gasteiger partial charge in [-0.25, -0.2) is 9.97 Å². The van der Waals surface area contributed by atoms with Crippen LogP contribution in [0.3, 0.4) is 0 Å². The molecule has 0 bridgehead atoms. The number of aromatic nitrogens is 2. The van der Waals surface area contributed by atoms with Gasteiger partial charge in [-0.15, -0.1) is 0 Å². The van der Waals surface area contributed by atoms with Crippen LogP contribution in [0.25, 0.3) is 0 Å². The minimum atomic E-state index is -0.542. The van der Waals surface area contributed by atoms with Crippen LogP contribution in [0.4, 0.5) is 5.95 Å². The molecular formula is C9H12N4O3. The lowest BCUT2D eigenvalue weighted by Crippen LogP contribution is -2.22. The van der Waals surface area contributed by atoms with E-state index in [1.165, 1.54) is 0 Å². The molecule has 3 N–H and O–H groups in total. The Labute approximate surface area is 91.6 Å². The molecule has 0 aliphatic carbocycles. The summed E-state index contributed by atoms with van der Waals surface area (Å²) in [6.45, 7) is -0.220. The minimum Gasteiger partial charge on any atom is -0.394 e. The highest BCUT2D eigenvalue weighted by atomic mass is 16.5. The van der Waals surface area contributed by atoms with Gasteiger partial charge in [0.25, 0.3) is 0 Å². The lowest BCUT2D eigenvalue weighted by atomic mass is 10.1. The summed E-state index contributed by atoms with van der Waals surface area (Å²) in [5, 5.41) is 11.9. The zero-order valence-electron chi connectivity index (χ0n) is 8.48. The molecule has 1 aromatic rings. The quantitative estimate of drug-likeness (QED) is 0.700. The van der Waals surface area contributed by atoms with Crippen LogP contribution < -0.4 is 5.73 Å². The first-order valence-corrected chi connectivity index (χ1v) is 4.90. The number of anilines is 1. The maximum Gasteiger partial charge on any atom is 0.219 e. The van der Waals surface area contributed by atoms with Crippen LogP contribution >= 0.6 is 0 Å². The largest absolute Gasteiger partial charge is 0.394 e. The molecule has 3 atom stereocenters. The first-order chi connectivity index (χ1) is 7.74. The number of aliphatic hydroxyl groups is 1. The molecule has 7 heteroatoms. The van der Waals surface area contributed by atoms with Gasteiger partial charge in [-0.05, 0) is 0 Å². The van der Waals surface area contributed by atoms with Crippen molar-refractivity contribution in [2.45, 2.75) is 24.7 Å². The summed E-state index contributed by atoms with van der Waals surface area (Å²) in [5.41, 5.74) is 6.10. The number of aliphatic hydroxyl groups excluding tert-OH is 1. The number of rotatable bonds is 3. The van der Waals surface area contributed by atoms with Gasteiger partial charge in [-0.3, -0.25) is 0 Å². The molecule has 2 heterocycles. The molecule has 0 amide bonds. The highest BCUT2D eigenvalue weighted by Crippen LogP contribution is 2.33. The van der Waals surface area contributed by atoms with E-state index in [4.69, 9.17) is 15.6 Å². The molecule has 1 fully saturated rings. The Morgan fingerprint density at radius 1 is 1.56 bits per heavy atom. The number of nitrogens with two attached hydrogens (primary N) is 1. The van der Waals surface area contributed by atoms with Crippen molar-refractivity contribution >= 4 is 5.95 Å². The molecule has 1 unspecified atom stereocenters. The Morgan fingerprint density at radius 3 is 2.75 bits per heavy atom. The van der Waals surface area contributed by atoms with E-state index in [0.717, 1.165) is 5.56 Å². The topological polar surface area (TPSA) is 111 Å². The summed E-state index contributed by atoms with van der Waals surface area (Å²) < 4.78 is 5.48. The van der Waals surface area contributed by atoms with Crippen molar-refractivity contribution in [3.05, 3.63) is 22.9 Å². The summed E-state index contributed by atoms with van der Waals surface area (Å²) in [4.78, 5) is 18.2. The Kier molecular flexibility index (Phi) is 3.07. The van der Waals surface area contributed by atoms with E-state index < -0.39 is 12.1 Å².